The molecule has 7 heteroatoms. The van der Waals surface area contributed by atoms with Gasteiger partial charge < -0.3 is 18.8 Å². The third-order valence-corrected chi connectivity index (χ3v) is 5.50. The Morgan fingerprint density at radius 2 is 1.72 bits per heavy atom. The molecule has 0 saturated carbocycles. The highest BCUT2D eigenvalue weighted by molar-refractivity contribution is 6.02. The summed E-state index contributed by atoms with van der Waals surface area (Å²) < 4.78 is 17.0. The predicted molar refractivity (Wildman–Crippen MR) is 120 cm³/mol. The lowest BCUT2D eigenvalue weighted by Gasteiger charge is -2.35. The SMILES string of the molecule is Cc1c(-c2ccccc2)oc2c(C(=O)OCC(=O)N3C[C@@H](C)O[C@@H](C)C3)cccc2c1=O. The molecule has 1 saturated heterocycles. The number of benzene rings is 2. The number of morpholine rings is 1. The quantitative estimate of drug-likeness (QED) is 0.583. The highest BCUT2D eigenvalue weighted by Gasteiger charge is 2.27. The van der Waals surface area contributed by atoms with E-state index in [-0.39, 0.29) is 34.7 Å². The number of hydrogen-bond donors (Lipinski definition) is 0. The minimum atomic E-state index is -0.718. The predicted octanol–water partition coefficient (Wildman–Crippen LogP) is 3.56. The van der Waals surface area contributed by atoms with Crippen LogP contribution in [0.3, 0.4) is 0 Å². The number of nitrogens with zero attached hydrogens (tertiary/aromatic N) is 1. The first kappa shape index (κ1) is 21.8. The van der Waals surface area contributed by atoms with Crippen molar-refractivity contribution in [1.82, 2.24) is 4.90 Å². The van der Waals surface area contributed by atoms with Crippen molar-refractivity contribution in [3.63, 3.8) is 0 Å². The monoisotopic (exact) mass is 435 g/mol. The van der Waals surface area contributed by atoms with Crippen LogP contribution in [0.5, 0.6) is 0 Å². The summed E-state index contributed by atoms with van der Waals surface area (Å²) >= 11 is 0. The average Bonchev–Trinajstić information content (AvgIpc) is 2.79. The van der Waals surface area contributed by atoms with Crippen molar-refractivity contribution in [3.05, 3.63) is 69.9 Å². The van der Waals surface area contributed by atoms with Gasteiger partial charge in [-0.15, -0.1) is 0 Å². The van der Waals surface area contributed by atoms with Crippen LogP contribution in [0.15, 0.2) is 57.7 Å². The fourth-order valence-electron chi connectivity index (χ4n) is 4.01. The lowest BCUT2D eigenvalue weighted by atomic mass is 10.0. The first-order valence-electron chi connectivity index (χ1n) is 10.6. The first-order chi connectivity index (χ1) is 15.3. The number of fused-ring (bicyclic) bond motifs is 1. The molecular weight excluding hydrogens is 410 g/mol. The number of amides is 1. The van der Waals surface area contributed by atoms with Crippen molar-refractivity contribution >= 4 is 22.8 Å². The van der Waals surface area contributed by atoms with Crippen LogP contribution in [0.4, 0.5) is 0 Å². The molecule has 3 aromatic rings. The van der Waals surface area contributed by atoms with Gasteiger partial charge in [-0.25, -0.2) is 4.79 Å². The number of ether oxygens (including phenoxy) is 2. The standard InChI is InChI=1S/C25H25NO6/c1-15-12-26(13-16(2)31-15)21(27)14-30-25(29)20-11-7-10-19-22(28)17(3)23(32-24(19)20)18-8-5-4-6-9-18/h4-11,15-16H,12-14H2,1-3H3/t15-,16+. The summed E-state index contributed by atoms with van der Waals surface area (Å²) in [6.45, 7) is 5.99. The second-order valence-electron chi connectivity index (χ2n) is 8.07. The lowest BCUT2D eigenvalue weighted by molar-refractivity contribution is -0.146. The van der Waals surface area contributed by atoms with E-state index in [0.29, 0.717) is 29.8 Å². The average molecular weight is 435 g/mol. The molecule has 4 rings (SSSR count). The molecule has 32 heavy (non-hydrogen) atoms. The molecule has 7 nitrogen and oxygen atoms in total. The lowest BCUT2D eigenvalue weighted by Crippen LogP contribution is -2.49. The number of esters is 1. The summed E-state index contributed by atoms with van der Waals surface area (Å²) in [5.41, 5.74) is 1.23. The van der Waals surface area contributed by atoms with E-state index in [1.54, 1.807) is 24.0 Å². The molecule has 1 aliphatic rings. The molecule has 2 heterocycles. The normalized spacial score (nSPS) is 18.5. The van der Waals surface area contributed by atoms with Crippen molar-refractivity contribution in [1.29, 1.82) is 0 Å². The van der Waals surface area contributed by atoms with Crippen molar-refractivity contribution in [2.45, 2.75) is 33.0 Å². The molecule has 0 spiro atoms. The van der Waals surface area contributed by atoms with Crippen LogP contribution < -0.4 is 5.43 Å². The molecule has 166 valence electrons. The topological polar surface area (TPSA) is 86.1 Å². The Labute approximate surface area is 185 Å². The zero-order valence-electron chi connectivity index (χ0n) is 18.3. The summed E-state index contributed by atoms with van der Waals surface area (Å²) in [7, 11) is 0. The van der Waals surface area contributed by atoms with E-state index in [2.05, 4.69) is 0 Å². The Balaban J connectivity index is 1.61. The minimum Gasteiger partial charge on any atom is -0.455 e. The maximum absolute atomic E-state index is 12.9. The van der Waals surface area contributed by atoms with E-state index >= 15 is 0 Å². The number of hydrogen-bond acceptors (Lipinski definition) is 6. The largest absolute Gasteiger partial charge is 0.455 e. The molecular formula is C25H25NO6. The van der Waals surface area contributed by atoms with E-state index in [4.69, 9.17) is 13.9 Å². The molecule has 2 atom stereocenters. The van der Waals surface area contributed by atoms with Crippen LogP contribution in [-0.2, 0) is 14.3 Å². The Morgan fingerprint density at radius 1 is 1.03 bits per heavy atom. The molecule has 0 bridgehead atoms. The number of rotatable bonds is 4. The Hall–Kier alpha value is -3.45. The second kappa shape index (κ2) is 8.96. The van der Waals surface area contributed by atoms with Gasteiger partial charge in [0.05, 0.1) is 17.6 Å². The van der Waals surface area contributed by atoms with Gasteiger partial charge in [-0.05, 0) is 32.9 Å². The van der Waals surface area contributed by atoms with E-state index in [9.17, 15) is 14.4 Å². The van der Waals surface area contributed by atoms with Gasteiger partial charge in [-0.1, -0.05) is 36.4 Å². The van der Waals surface area contributed by atoms with Gasteiger partial charge in [0.15, 0.2) is 17.6 Å². The fourth-order valence-corrected chi connectivity index (χ4v) is 4.01. The number of carbonyl (C=O) groups excluding carboxylic acids is 2. The molecule has 0 unspecified atom stereocenters. The molecule has 1 fully saturated rings. The van der Waals surface area contributed by atoms with E-state index in [1.807, 2.05) is 44.2 Å². The molecule has 1 aromatic heterocycles. The third-order valence-electron chi connectivity index (χ3n) is 5.50. The highest BCUT2D eigenvalue weighted by Crippen LogP contribution is 2.27. The van der Waals surface area contributed by atoms with E-state index in [1.165, 1.54) is 6.07 Å². The Bertz CT molecular complexity index is 1210. The zero-order chi connectivity index (χ0) is 22.8. The van der Waals surface area contributed by atoms with Gasteiger partial charge in [0.1, 0.15) is 11.3 Å². The van der Waals surface area contributed by atoms with Crippen LogP contribution in [-0.4, -0.2) is 48.7 Å². The van der Waals surface area contributed by atoms with Gasteiger partial charge in [-0.3, -0.25) is 9.59 Å². The molecule has 2 aromatic carbocycles. The first-order valence-corrected chi connectivity index (χ1v) is 10.6. The van der Waals surface area contributed by atoms with Gasteiger partial charge >= 0.3 is 5.97 Å². The summed E-state index contributed by atoms with van der Waals surface area (Å²) in [6, 6.07) is 14.0. The molecule has 0 N–H and O–H groups in total. The van der Waals surface area contributed by atoms with Crippen molar-refractivity contribution in [3.8, 4) is 11.3 Å². The number of para-hydroxylation sites is 1. The second-order valence-corrected chi connectivity index (χ2v) is 8.07. The van der Waals surface area contributed by atoms with Crippen molar-refractivity contribution in [2.24, 2.45) is 0 Å². The Morgan fingerprint density at radius 3 is 2.41 bits per heavy atom. The van der Waals surface area contributed by atoms with Crippen LogP contribution in [0, 0.1) is 6.92 Å². The smallest absolute Gasteiger partial charge is 0.342 e. The fraction of sp³-hybridized carbons (Fsp3) is 0.320. The van der Waals surface area contributed by atoms with E-state index in [0.717, 1.165) is 5.56 Å². The van der Waals surface area contributed by atoms with Crippen LogP contribution in [0.2, 0.25) is 0 Å². The maximum atomic E-state index is 12.9. The van der Waals surface area contributed by atoms with E-state index < -0.39 is 12.6 Å². The molecule has 1 amide bonds. The van der Waals surface area contributed by atoms with Crippen molar-refractivity contribution in [2.75, 3.05) is 19.7 Å². The molecule has 0 radical (unpaired) electrons. The van der Waals surface area contributed by atoms with Crippen LogP contribution in [0.25, 0.3) is 22.3 Å². The van der Waals surface area contributed by atoms with Crippen LogP contribution in [0.1, 0.15) is 29.8 Å². The summed E-state index contributed by atoms with van der Waals surface area (Å²) in [5, 5.41) is 0.291. The highest BCUT2D eigenvalue weighted by atomic mass is 16.5. The summed E-state index contributed by atoms with van der Waals surface area (Å²) in [4.78, 5) is 40.0. The Kier molecular flexibility index (Phi) is 6.10. The minimum absolute atomic E-state index is 0.0783. The van der Waals surface area contributed by atoms with Gasteiger partial charge in [-0.2, -0.15) is 0 Å². The third kappa shape index (κ3) is 4.29. The number of carbonyl (C=O) groups is 2. The van der Waals surface area contributed by atoms with Gasteiger partial charge in [0, 0.05) is 24.2 Å². The summed E-state index contributed by atoms with van der Waals surface area (Å²) in [6.07, 6.45) is -0.157. The van der Waals surface area contributed by atoms with Gasteiger partial charge in [0.2, 0.25) is 0 Å². The maximum Gasteiger partial charge on any atom is 0.342 e. The summed E-state index contributed by atoms with van der Waals surface area (Å²) in [5.74, 6) is -0.608. The molecule has 1 aliphatic heterocycles. The zero-order valence-corrected chi connectivity index (χ0v) is 18.3. The van der Waals surface area contributed by atoms with Crippen LogP contribution >= 0.6 is 0 Å². The van der Waals surface area contributed by atoms with Crippen molar-refractivity contribution < 1.29 is 23.5 Å². The molecule has 0 aliphatic carbocycles. The van der Waals surface area contributed by atoms with Gasteiger partial charge in [0.25, 0.3) is 5.91 Å².